The Labute approximate surface area is 114 Å². The lowest BCUT2D eigenvalue weighted by atomic mass is 10.1. The Balaban J connectivity index is 2.11. The maximum atomic E-state index is 10.4. The van der Waals surface area contributed by atoms with Crippen molar-refractivity contribution in [2.45, 2.75) is 0 Å². The Morgan fingerprint density at radius 1 is 0.700 bits per heavy atom. The van der Waals surface area contributed by atoms with Crippen molar-refractivity contribution in [2.24, 2.45) is 0 Å². The first kappa shape index (κ1) is 11.0. The van der Waals surface area contributed by atoms with Crippen LogP contribution in [0.5, 0.6) is 11.6 Å². The molecule has 0 unspecified atom stereocenters. The van der Waals surface area contributed by atoms with Crippen molar-refractivity contribution in [3.8, 4) is 22.9 Å². The molecule has 2 heterocycles. The zero-order valence-corrected chi connectivity index (χ0v) is 10.5. The summed E-state index contributed by atoms with van der Waals surface area (Å²) in [6, 6.07) is 15.1. The highest BCUT2D eigenvalue weighted by molar-refractivity contribution is 6.04. The van der Waals surface area contributed by atoms with E-state index in [1.807, 2.05) is 48.5 Å². The number of H-pyrrole nitrogens is 2. The lowest BCUT2D eigenvalue weighted by Gasteiger charge is -1.98. The predicted molar refractivity (Wildman–Crippen MR) is 78.9 cm³/mol. The Kier molecular flexibility index (Phi) is 2.09. The molecule has 4 aromatic rings. The zero-order chi connectivity index (χ0) is 13.7. The van der Waals surface area contributed by atoms with Gasteiger partial charge in [-0.2, -0.15) is 0 Å². The largest absolute Gasteiger partial charge is 0.505 e. The first-order valence-electron chi connectivity index (χ1n) is 6.35. The lowest BCUT2D eigenvalue weighted by molar-refractivity contribution is 0.458. The van der Waals surface area contributed by atoms with Crippen molar-refractivity contribution in [3.05, 3.63) is 48.5 Å². The van der Waals surface area contributed by atoms with Gasteiger partial charge in [-0.25, -0.2) is 0 Å². The third-order valence-corrected chi connectivity index (χ3v) is 3.61. The zero-order valence-electron chi connectivity index (χ0n) is 10.5. The summed E-state index contributed by atoms with van der Waals surface area (Å²) in [6.45, 7) is 0. The summed E-state index contributed by atoms with van der Waals surface area (Å²) in [5.74, 6) is 0.203. The number of hydrogen-bond donors (Lipinski definition) is 4. The molecule has 0 radical (unpaired) electrons. The molecule has 0 saturated heterocycles. The number of benzene rings is 2. The van der Waals surface area contributed by atoms with Gasteiger partial charge in [-0.3, -0.25) is 0 Å². The number of aromatic nitrogens is 2. The van der Waals surface area contributed by atoms with E-state index in [1.54, 1.807) is 0 Å². The summed E-state index contributed by atoms with van der Waals surface area (Å²) < 4.78 is 0. The van der Waals surface area contributed by atoms with Crippen molar-refractivity contribution < 1.29 is 10.2 Å². The molecule has 98 valence electrons. The average molecular weight is 264 g/mol. The van der Waals surface area contributed by atoms with Crippen LogP contribution in [0, 0.1) is 0 Å². The summed E-state index contributed by atoms with van der Waals surface area (Å²) in [5.41, 5.74) is 2.79. The van der Waals surface area contributed by atoms with Crippen molar-refractivity contribution in [3.63, 3.8) is 0 Å². The number of rotatable bonds is 1. The van der Waals surface area contributed by atoms with E-state index in [-0.39, 0.29) is 11.6 Å². The van der Waals surface area contributed by atoms with Gasteiger partial charge in [0.1, 0.15) is 5.75 Å². The van der Waals surface area contributed by atoms with E-state index < -0.39 is 0 Å². The number of aromatic amines is 2. The molecule has 0 bridgehead atoms. The highest BCUT2D eigenvalue weighted by atomic mass is 16.3. The van der Waals surface area contributed by atoms with E-state index in [0.717, 1.165) is 21.8 Å². The number of nitrogens with one attached hydrogen (secondary N) is 2. The van der Waals surface area contributed by atoms with Crippen LogP contribution in [-0.2, 0) is 0 Å². The van der Waals surface area contributed by atoms with Crippen LogP contribution in [0.25, 0.3) is 33.1 Å². The minimum atomic E-state index is 0.0491. The van der Waals surface area contributed by atoms with Crippen LogP contribution >= 0.6 is 0 Å². The van der Waals surface area contributed by atoms with Gasteiger partial charge >= 0.3 is 0 Å². The van der Waals surface area contributed by atoms with E-state index in [0.29, 0.717) is 11.3 Å². The summed E-state index contributed by atoms with van der Waals surface area (Å²) in [5, 5.41) is 22.1. The molecule has 20 heavy (non-hydrogen) atoms. The topological polar surface area (TPSA) is 72.0 Å². The maximum absolute atomic E-state index is 10.4. The standard InChI is InChI=1S/C16H12N2O2/c19-15-10-6-2-4-8-12(10)17-14(15)13-9-5-1-3-7-11(9)18-16(13)20/h1-8,17-20H. The number of hydrogen-bond acceptors (Lipinski definition) is 2. The van der Waals surface area contributed by atoms with Crippen LogP contribution in [0.15, 0.2) is 48.5 Å². The van der Waals surface area contributed by atoms with Crippen LogP contribution in [0.2, 0.25) is 0 Å². The Hall–Kier alpha value is -2.88. The van der Waals surface area contributed by atoms with Gasteiger partial charge in [-0.1, -0.05) is 30.3 Å². The fourth-order valence-electron chi connectivity index (χ4n) is 2.69. The van der Waals surface area contributed by atoms with Gasteiger partial charge in [0, 0.05) is 21.8 Å². The Bertz CT molecular complexity index is 934. The van der Waals surface area contributed by atoms with Gasteiger partial charge in [-0.05, 0) is 18.2 Å². The van der Waals surface area contributed by atoms with Gasteiger partial charge in [-0.15, -0.1) is 0 Å². The van der Waals surface area contributed by atoms with Crippen molar-refractivity contribution >= 4 is 21.8 Å². The SMILES string of the molecule is Oc1[nH]c2ccccc2c1-c1[nH]c2ccccc2c1O. The molecule has 0 aliphatic carbocycles. The van der Waals surface area contributed by atoms with Gasteiger partial charge in [0.25, 0.3) is 0 Å². The molecule has 0 spiro atoms. The molecule has 0 aliphatic heterocycles. The summed E-state index contributed by atoms with van der Waals surface area (Å²) >= 11 is 0. The van der Waals surface area contributed by atoms with Gasteiger partial charge in [0.15, 0.2) is 5.88 Å². The molecule has 4 N–H and O–H groups in total. The molecule has 4 nitrogen and oxygen atoms in total. The van der Waals surface area contributed by atoms with Crippen LogP contribution < -0.4 is 0 Å². The predicted octanol–water partition coefficient (Wildman–Crippen LogP) is 3.73. The Morgan fingerprint density at radius 2 is 1.30 bits per heavy atom. The van der Waals surface area contributed by atoms with E-state index in [1.165, 1.54) is 0 Å². The molecule has 4 heteroatoms. The molecule has 2 aromatic carbocycles. The molecule has 0 amide bonds. The van der Waals surface area contributed by atoms with E-state index in [4.69, 9.17) is 0 Å². The fourth-order valence-corrected chi connectivity index (χ4v) is 2.69. The number of fused-ring (bicyclic) bond motifs is 2. The smallest absolute Gasteiger partial charge is 0.199 e. The molecular weight excluding hydrogens is 252 g/mol. The normalized spacial score (nSPS) is 11.4. The highest BCUT2D eigenvalue weighted by Gasteiger charge is 2.19. The first-order valence-corrected chi connectivity index (χ1v) is 6.35. The quantitative estimate of drug-likeness (QED) is 0.423. The van der Waals surface area contributed by atoms with Crippen LogP contribution in [0.4, 0.5) is 0 Å². The number of para-hydroxylation sites is 2. The van der Waals surface area contributed by atoms with E-state index in [2.05, 4.69) is 9.97 Å². The molecule has 2 aromatic heterocycles. The van der Waals surface area contributed by atoms with E-state index >= 15 is 0 Å². The molecule has 0 fully saturated rings. The van der Waals surface area contributed by atoms with Crippen LogP contribution in [0.1, 0.15) is 0 Å². The summed E-state index contributed by atoms with van der Waals surface area (Å²) in [6.07, 6.45) is 0. The second kappa shape index (κ2) is 3.81. The molecule has 4 rings (SSSR count). The average Bonchev–Trinajstić information content (AvgIpc) is 2.96. The summed E-state index contributed by atoms with van der Waals surface area (Å²) in [4.78, 5) is 6.09. The molecular formula is C16H12N2O2. The molecule has 0 atom stereocenters. The maximum Gasteiger partial charge on any atom is 0.199 e. The minimum Gasteiger partial charge on any atom is -0.505 e. The molecule has 0 saturated carbocycles. The first-order chi connectivity index (χ1) is 9.75. The Morgan fingerprint density at radius 3 is 2.00 bits per heavy atom. The third-order valence-electron chi connectivity index (χ3n) is 3.61. The lowest BCUT2D eigenvalue weighted by Crippen LogP contribution is -1.76. The van der Waals surface area contributed by atoms with Crippen molar-refractivity contribution in [1.29, 1.82) is 0 Å². The second-order valence-corrected chi connectivity index (χ2v) is 4.79. The van der Waals surface area contributed by atoms with E-state index in [9.17, 15) is 10.2 Å². The second-order valence-electron chi connectivity index (χ2n) is 4.79. The minimum absolute atomic E-state index is 0.0491. The van der Waals surface area contributed by atoms with Gasteiger partial charge in [0.2, 0.25) is 0 Å². The van der Waals surface area contributed by atoms with Gasteiger partial charge < -0.3 is 20.2 Å². The van der Waals surface area contributed by atoms with Crippen LogP contribution in [0.3, 0.4) is 0 Å². The number of aromatic hydroxyl groups is 2. The highest BCUT2D eigenvalue weighted by Crippen LogP contribution is 2.43. The fraction of sp³-hybridized carbons (Fsp3) is 0. The van der Waals surface area contributed by atoms with Crippen LogP contribution in [-0.4, -0.2) is 20.2 Å². The molecule has 0 aliphatic rings. The summed E-state index contributed by atoms with van der Waals surface area (Å²) in [7, 11) is 0. The van der Waals surface area contributed by atoms with Gasteiger partial charge in [0.05, 0.1) is 11.3 Å². The third kappa shape index (κ3) is 1.36. The van der Waals surface area contributed by atoms with Crippen molar-refractivity contribution in [2.75, 3.05) is 0 Å². The monoisotopic (exact) mass is 264 g/mol. The van der Waals surface area contributed by atoms with Crippen molar-refractivity contribution in [1.82, 2.24) is 9.97 Å².